The van der Waals surface area contributed by atoms with Crippen LogP contribution in [0.15, 0.2) is 52.9 Å². The Balaban J connectivity index is 2.01. The highest BCUT2D eigenvalue weighted by atomic mass is 32.2. The van der Waals surface area contributed by atoms with E-state index in [0.717, 1.165) is 31.3 Å². The van der Waals surface area contributed by atoms with E-state index < -0.39 is 14.8 Å². The molecule has 1 aromatic rings. The van der Waals surface area contributed by atoms with Crippen LogP contribution in [0.5, 0.6) is 0 Å². The fraction of sp³-hybridized carbons (Fsp3) is 0.333. The molecule has 1 aliphatic rings. The van der Waals surface area contributed by atoms with E-state index >= 15 is 0 Å². The molecule has 22 heavy (non-hydrogen) atoms. The van der Waals surface area contributed by atoms with Crippen LogP contribution >= 0.6 is 0 Å². The minimum absolute atomic E-state index is 0.0423. The summed E-state index contributed by atoms with van der Waals surface area (Å²) in [6.45, 7) is 2.00. The molecule has 1 aromatic carbocycles. The van der Waals surface area contributed by atoms with Gasteiger partial charge in [0.25, 0.3) is 5.69 Å². The first-order chi connectivity index (χ1) is 10.5. The van der Waals surface area contributed by atoms with E-state index in [1.54, 1.807) is 6.08 Å². The SMILES string of the molecule is O=[N+]([O-])c1ccc(S(=O)(=O)/C=C/C=C\N2CCCCC2)cc1. The second kappa shape index (κ2) is 7.22. The zero-order chi connectivity index (χ0) is 16.0. The lowest BCUT2D eigenvalue weighted by atomic mass is 10.1. The van der Waals surface area contributed by atoms with Crippen LogP contribution in [0, 0.1) is 10.1 Å². The minimum atomic E-state index is -3.58. The molecule has 0 unspecified atom stereocenters. The Morgan fingerprint density at radius 3 is 2.27 bits per heavy atom. The summed E-state index contributed by atoms with van der Waals surface area (Å²) >= 11 is 0. The van der Waals surface area contributed by atoms with Crippen molar-refractivity contribution in [1.82, 2.24) is 4.90 Å². The predicted octanol–water partition coefficient (Wildman–Crippen LogP) is 2.88. The van der Waals surface area contributed by atoms with Crippen LogP contribution in [-0.4, -0.2) is 31.3 Å². The van der Waals surface area contributed by atoms with Crippen LogP contribution in [0.1, 0.15) is 19.3 Å². The molecule has 0 aromatic heterocycles. The smallest absolute Gasteiger partial charge is 0.269 e. The molecule has 6 nitrogen and oxygen atoms in total. The summed E-state index contributed by atoms with van der Waals surface area (Å²) in [5.74, 6) is 0. The van der Waals surface area contributed by atoms with Crippen LogP contribution in [0.2, 0.25) is 0 Å². The Morgan fingerprint density at radius 1 is 1.05 bits per heavy atom. The molecule has 1 fully saturated rings. The minimum Gasteiger partial charge on any atom is -0.377 e. The third-order valence-electron chi connectivity index (χ3n) is 3.43. The average molecular weight is 322 g/mol. The first-order valence-electron chi connectivity index (χ1n) is 7.07. The Hall–Kier alpha value is -2.15. The van der Waals surface area contributed by atoms with Gasteiger partial charge < -0.3 is 4.90 Å². The van der Waals surface area contributed by atoms with E-state index in [9.17, 15) is 18.5 Å². The molecular weight excluding hydrogens is 304 g/mol. The summed E-state index contributed by atoms with van der Waals surface area (Å²) in [5, 5.41) is 11.7. The Bertz CT molecular complexity index is 672. The standard InChI is InChI=1S/C15H18N2O4S/c18-17(19)14-6-8-15(9-7-14)22(20,21)13-5-4-12-16-10-2-1-3-11-16/h4-9,12-13H,1-3,10-11H2/b12-4-,13-5+. The molecule has 7 heteroatoms. The fourth-order valence-corrected chi connectivity index (χ4v) is 3.19. The molecule has 1 saturated heterocycles. The van der Waals surface area contributed by atoms with Crippen molar-refractivity contribution in [3.63, 3.8) is 0 Å². The molecule has 0 saturated carbocycles. The van der Waals surface area contributed by atoms with Gasteiger partial charge in [-0.1, -0.05) is 0 Å². The van der Waals surface area contributed by atoms with Gasteiger partial charge in [0.05, 0.1) is 9.82 Å². The van der Waals surface area contributed by atoms with Gasteiger partial charge in [0.15, 0.2) is 9.84 Å². The molecule has 0 N–H and O–H groups in total. The number of nitro benzene ring substituents is 1. The van der Waals surface area contributed by atoms with Gasteiger partial charge in [-0.2, -0.15) is 0 Å². The molecule has 0 atom stereocenters. The predicted molar refractivity (Wildman–Crippen MR) is 84.0 cm³/mol. The first kappa shape index (κ1) is 16.2. The molecule has 1 heterocycles. The normalized spacial score (nSPS) is 16.5. The van der Waals surface area contributed by atoms with Crippen molar-refractivity contribution >= 4 is 15.5 Å². The third kappa shape index (κ3) is 4.42. The number of sulfone groups is 1. The van der Waals surface area contributed by atoms with Gasteiger partial charge in [-0.25, -0.2) is 8.42 Å². The van der Waals surface area contributed by atoms with Crippen molar-refractivity contribution in [2.45, 2.75) is 24.2 Å². The van der Waals surface area contributed by atoms with Gasteiger partial charge in [0.2, 0.25) is 0 Å². The lowest BCUT2D eigenvalue weighted by Gasteiger charge is -2.24. The van der Waals surface area contributed by atoms with Crippen molar-refractivity contribution in [1.29, 1.82) is 0 Å². The van der Waals surface area contributed by atoms with Crippen molar-refractivity contribution in [3.8, 4) is 0 Å². The maximum absolute atomic E-state index is 12.1. The second-order valence-corrected chi connectivity index (χ2v) is 6.90. The zero-order valence-corrected chi connectivity index (χ0v) is 12.9. The largest absolute Gasteiger partial charge is 0.377 e. The topological polar surface area (TPSA) is 80.5 Å². The molecule has 0 amide bonds. The second-order valence-electron chi connectivity index (χ2n) is 5.06. The first-order valence-corrected chi connectivity index (χ1v) is 8.62. The van der Waals surface area contributed by atoms with Crippen molar-refractivity contribution in [2.75, 3.05) is 13.1 Å². The summed E-state index contributed by atoms with van der Waals surface area (Å²) in [6, 6.07) is 4.85. The van der Waals surface area contributed by atoms with Gasteiger partial charge in [-0.3, -0.25) is 10.1 Å². The van der Waals surface area contributed by atoms with E-state index in [-0.39, 0.29) is 10.6 Å². The Kier molecular flexibility index (Phi) is 5.32. The van der Waals surface area contributed by atoms with Crippen LogP contribution in [0.3, 0.4) is 0 Å². The maximum Gasteiger partial charge on any atom is 0.269 e. The number of benzene rings is 1. The summed E-state index contributed by atoms with van der Waals surface area (Å²) < 4.78 is 24.1. The molecular formula is C15H18N2O4S. The highest BCUT2D eigenvalue weighted by Gasteiger charge is 2.12. The zero-order valence-electron chi connectivity index (χ0n) is 12.1. The fourth-order valence-electron chi connectivity index (χ4n) is 2.22. The van der Waals surface area contributed by atoms with Gasteiger partial charge in [0.1, 0.15) is 0 Å². The Morgan fingerprint density at radius 2 is 1.68 bits per heavy atom. The number of nitrogens with zero attached hydrogens (tertiary/aromatic N) is 2. The molecule has 1 aliphatic heterocycles. The number of piperidine rings is 1. The van der Waals surface area contributed by atoms with Crippen molar-refractivity contribution in [2.24, 2.45) is 0 Å². The number of hydrogen-bond donors (Lipinski definition) is 0. The van der Waals surface area contributed by atoms with Gasteiger partial charge in [-0.15, -0.1) is 0 Å². The molecule has 0 bridgehead atoms. The molecule has 0 aliphatic carbocycles. The summed E-state index contributed by atoms with van der Waals surface area (Å²) in [6.07, 6.45) is 8.64. The van der Waals surface area contributed by atoms with Crippen LogP contribution in [0.4, 0.5) is 5.69 Å². The van der Waals surface area contributed by atoms with Crippen LogP contribution in [-0.2, 0) is 9.84 Å². The van der Waals surface area contributed by atoms with E-state index in [1.165, 1.54) is 36.8 Å². The molecule has 2 rings (SSSR count). The highest BCUT2D eigenvalue weighted by molar-refractivity contribution is 7.94. The molecule has 0 radical (unpaired) electrons. The number of rotatable bonds is 5. The number of allylic oxidation sites excluding steroid dienone is 2. The van der Waals surface area contributed by atoms with Crippen molar-refractivity contribution < 1.29 is 13.3 Å². The summed E-state index contributed by atoms with van der Waals surface area (Å²) in [4.78, 5) is 12.2. The lowest BCUT2D eigenvalue weighted by molar-refractivity contribution is -0.384. The number of nitro groups is 1. The van der Waals surface area contributed by atoms with Gasteiger partial charge in [-0.05, 0) is 49.7 Å². The quantitative estimate of drug-likeness (QED) is 0.473. The number of hydrogen-bond acceptors (Lipinski definition) is 5. The third-order valence-corrected chi connectivity index (χ3v) is 4.88. The Labute approximate surface area is 129 Å². The monoisotopic (exact) mass is 322 g/mol. The molecule has 0 spiro atoms. The van der Waals surface area contributed by atoms with E-state index in [2.05, 4.69) is 4.90 Å². The summed E-state index contributed by atoms with van der Waals surface area (Å²) in [5.41, 5.74) is -0.132. The van der Waals surface area contributed by atoms with Crippen LogP contribution in [0.25, 0.3) is 0 Å². The van der Waals surface area contributed by atoms with E-state index in [0.29, 0.717) is 0 Å². The number of likely N-dealkylation sites (tertiary alicyclic amines) is 1. The van der Waals surface area contributed by atoms with Gasteiger partial charge in [0, 0.05) is 30.6 Å². The van der Waals surface area contributed by atoms with Gasteiger partial charge >= 0.3 is 0 Å². The van der Waals surface area contributed by atoms with E-state index in [4.69, 9.17) is 0 Å². The van der Waals surface area contributed by atoms with E-state index in [1.807, 2.05) is 6.20 Å². The number of non-ortho nitro benzene ring substituents is 1. The van der Waals surface area contributed by atoms with Crippen molar-refractivity contribution in [3.05, 3.63) is 58.1 Å². The van der Waals surface area contributed by atoms with Crippen LogP contribution < -0.4 is 0 Å². The maximum atomic E-state index is 12.1. The molecule has 118 valence electrons. The summed E-state index contributed by atoms with van der Waals surface area (Å²) in [7, 11) is -3.58. The average Bonchev–Trinajstić information content (AvgIpc) is 2.53. The lowest BCUT2D eigenvalue weighted by Crippen LogP contribution is -2.23. The highest BCUT2D eigenvalue weighted by Crippen LogP contribution is 2.17.